The fraction of sp³-hybridized carbons (Fsp3) is 0. The molecule has 0 saturated carbocycles. The Balaban J connectivity index is 1.90. The number of fused-ring (bicyclic) bond motifs is 12. The zero-order valence-electron chi connectivity index (χ0n) is 15.3. The fourth-order valence-corrected chi connectivity index (χ4v) is 5.35. The van der Waals surface area contributed by atoms with Crippen molar-refractivity contribution in [1.82, 2.24) is 15.0 Å². The van der Waals surface area contributed by atoms with Crippen molar-refractivity contribution >= 4 is 100 Å². The van der Waals surface area contributed by atoms with Gasteiger partial charge in [-0.2, -0.15) is 0 Å². The number of nitrogens with one attached hydrogen (secondary N) is 3. The van der Waals surface area contributed by atoms with Gasteiger partial charge in [0, 0.05) is 63.9 Å². The lowest BCUT2D eigenvalue weighted by molar-refractivity contribution is 1.54. The average Bonchev–Trinajstić information content (AvgIpc) is 3.38. The summed E-state index contributed by atoms with van der Waals surface area (Å²) in [6, 6.07) is 17.8. The van der Waals surface area contributed by atoms with E-state index in [0.717, 1.165) is 65.4 Å². The molecule has 4 aromatic carbocycles. The molecule has 0 amide bonds. The minimum Gasteiger partial charge on any atom is -0.354 e. The Morgan fingerprint density at radius 2 is 0.733 bits per heavy atom. The maximum Gasteiger partial charge on any atom is 0.0588 e. The summed E-state index contributed by atoms with van der Waals surface area (Å²) in [6.45, 7) is 0. The highest BCUT2D eigenvalue weighted by molar-refractivity contribution is 6.41. The number of aromatic nitrogens is 3. The van der Waals surface area contributed by atoms with Gasteiger partial charge >= 0.3 is 0 Å². The van der Waals surface area contributed by atoms with Crippen LogP contribution in [0.15, 0.2) is 54.6 Å². The summed E-state index contributed by atoms with van der Waals surface area (Å²) in [5.41, 5.74) is 6.28. The van der Waals surface area contributed by atoms with E-state index in [1.54, 1.807) is 0 Å². The first kappa shape index (κ1) is 16.9. The summed E-state index contributed by atoms with van der Waals surface area (Å²) >= 11 is 19.1. The first-order valence-electron chi connectivity index (χ1n) is 9.53. The molecule has 0 radical (unpaired) electrons. The Bertz CT molecular complexity index is 1590. The molecule has 0 saturated heterocycles. The lowest BCUT2D eigenvalue weighted by atomic mass is 10.0. The van der Waals surface area contributed by atoms with Gasteiger partial charge < -0.3 is 15.0 Å². The summed E-state index contributed by atoms with van der Waals surface area (Å²) in [7, 11) is 0. The molecule has 0 spiro atoms. The zero-order chi connectivity index (χ0) is 20.1. The molecule has 7 aromatic rings. The Morgan fingerprint density at radius 1 is 0.433 bits per heavy atom. The quantitative estimate of drug-likeness (QED) is 0.208. The highest BCUT2D eigenvalue weighted by Gasteiger charge is 2.21. The van der Waals surface area contributed by atoms with Gasteiger partial charge in [-0.15, -0.1) is 0 Å². The van der Waals surface area contributed by atoms with E-state index in [9.17, 15) is 0 Å². The average molecular weight is 449 g/mol. The molecule has 0 aliphatic heterocycles. The smallest absolute Gasteiger partial charge is 0.0588 e. The van der Waals surface area contributed by atoms with Crippen LogP contribution in [0.3, 0.4) is 0 Å². The van der Waals surface area contributed by atoms with Crippen molar-refractivity contribution in [2.24, 2.45) is 0 Å². The van der Waals surface area contributed by atoms with Crippen molar-refractivity contribution in [2.45, 2.75) is 0 Å². The normalized spacial score (nSPS) is 12.5. The molecule has 0 aliphatic rings. The molecule has 0 unspecified atom stereocenters. The van der Waals surface area contributed by atoms with Gasteiger partial charge in [0.25, 0.3) is 0 Å². The van der Waals surface area contributed by atoms with Gasteiger partial charge in [0.2, 0.25) is 0 Å². The molecule has 0 atom stereocenters. The molecule has 144 valence electrons. The molecule has 7 rings (SSSR count). The van der Waals surface area contributed by atoms with Crippen molar-refractivity contribution in [3.05, 3.63) is 69.7 Å². The van der Waals surface area contributed by atoms with E-state index in [2.05, 4.69) is 15.0 Å². The topological polar surface area (TPSA) is 47.4 Å². The van der Waals surface area contributed by atoms with Crippen molar-refractivity contribution in [1.29, 1.82) is 0 Å². The van der Waals surface area contributed by atoms with E-state index < -0.39 is 0 Å². The van der Waals surface area contributed by atoms with Gasteiger partial charge in [0.1, 0.15) is 0 Å². The molecular weight excluding hydrogens is 437 g/mol. The van der Waals surface area contributed by atoms with Crippen LogP contribution in [-0.4, -0.2) is 15.0 Å². The molecule has 0 aliphatic carbocycles. The Hall–Kier alpha value is -2.85. The van der Waals surface area contributed by atoms with Crippen LogP contribution in [0.25, 0.3) is 65.4 Å². The molecule has 3 aromatic heterocycles. The number of halogens is 3. The monoisotopic (exact) mass is 447 g/mol. The van der Waals surface area contributed by atoms with Gasteiger partial charge in [0.05, 0.1) is 16.6 Å². The molecular formula is C24H12Cl3N3. The Kier molecular flexibility index (Phi) is 3.18. The number of H-pyrrole nitrogens is 3. The minimum atomic E-state index is 0.706. The predicted molar refractivity (Wildman–Crippen MR) is 130 cm³/mol. The second kappa shape index (κ2) is 5.64. The highest BCUT2D eigenvalue weighted by Crippen LogP contribution is 2.45. The maximum atomic E-state index is 6.37. The van der Waals surface area contributed by atoms with Gasteiger partial charge in [-0.25, -0.2) is 0 Å². The standard InChI is InChI=1S/C24H12Cl3N3/c25-10-1-4-16-13(7-10)19-22(28-16)20-14-8-11(26)2-5-17(14)30-24(20)21-15-9-12(27)3-6-18(15)29-23(19)21/h1-9,28-30H. The number of hydrogen-bond acceptors (Lipinski definition) is 0. The maximum absolute atomic E-state index is 6.37. The first-order chi connectivity index (χ1) is 14.6. The van der Waals surface area contributed by atoms with Crippen molar-refractivity contribution < 1.29 is 0 Å². The fourth-order valence-electron chi connectivity index (χ4n) is 4.83. The largest absolute Gasteiger partial charge is 0.354 e. The Morgan fingerprint density at radius 3 is 1.03 bits per heavy atom. The lowest BCUT2D eigenvalue weighted by Crippen LogP contribution is -1.78. The van der Waals surface area contributed by atoms with Crippen LogP contribution >= 0.6 is 34.8 Å². The van der Waals surface area contributed by atoms with Crippen molar-refractivity contribution in [2.75, 3.05) is 0 Å². The van der Waals surface area contributed by atoms with Crippen LogP contribution in [-0.2, 0) is 0 Å². The molecule has 0 fully saturated rings. The minimum absolute atomic E-state index is 0.706. The SMILES string of the molecule is Clc1ccc2[nH]c3c(c2c1)c1[nH]c2ccc(Cl)cc2c1c1[nH]c2ccc(Cl)cc2c31. The first-order valence-corrected chi connectivity index (χ1v) is 10.7. The lowest BCUT2D eigenvalue weighted by Gasteiger charge is -2.01. The van der Waals surface area contributed by atoms with E-state index >= 15 is 0 Å². The third-order valence-electron chi connectivity index (χ3n) is 6.03. The second-order valence-electron chi connectivity index (χ2n) is 7.69. The van der Waals surface area contributed by atoms with Crippen LogP contribution in [0.5, 0.6) is 0 Å². The van der Waals surface area contributed by atoms with Crippen LogP contribution in [0.1, 0.15) is 0 Å². The predicted octanol–water partition coefficient (Wildman–Crippen LogP) is 8.55. The number of rotatable bonds is 0. The van der Waals surface area contributed by atoms with Crippen LogP contribution in [0.4, 0.5) is 0 Å². The summed E-state index contributed by atoms with van der Waals surface area (Å²) in [5, 5.41) is 8.71. The molecule has 30 heavy (non-hydrogen) atoms. The summed E-state index contributed by atoms with van der Waals surface area (Å²) in [6.07, 6.45) is 0. The summed E-state index contributed by atoms with van der Waals surface area (Å²) < 4.78 is 0. The molecule has 6 heteroatoms. The van der Waals surface area contributed by atoms with E-state index in [0.29, 0.717) is 15.1 Å². The van der Waals surface area contributed by atoms with Gasteiger partial charge in [-0.05, 0) is 54.6 Å². The van der Waals surface area contributed by atoms with Gasteiger partial charge in [-0.3, -0.25) is 0 Å². The third-order valence-corrected chi connectivity index (χ3v) is 6.74. The Labute approximate surface area is 184 Å². The van der Waals surface area contributed by atoms with E-state index in [-0.39, 0.29) is 0 Å². The summed E-state index contributed by atoms with van der Waals surface area (Å²) in [4.78, 5) is 10.9. The van der Waals surface area contributed by atoms with Gasteiger partial charge in [0.15, 0.2) is 0 Å². The third kappa shape index (κ3) is 2.07. The van der Waals surface area contributed by atoms with E-state index in [4.69, 9.17) is 34.8 Å². The number of hydrogen-bond donors (Lipinski definition) is 3. The molecule has 3 nitrogen and oxygen atoms in total. The van der Waals surface area contributed by atoms with Crippen molar-refractivity contribution in [3.63, 3.8) is 0 Å². The molecule has 3 N–H and O–H groups in total. The number of aromatic amines is 3. The van der Waals surface area contributed by atoms with Gasteiger partial charge in [-0.1, -0.05) is 34.8 Å². The van der Waals surface area contributed by atoms with Crippen LogP contribution in [0.2, 0.25) is 15.1 Å². The second-order valence-corrected chi connectivity index (χ2v) is 9.00. The highest BCUT2D eigenvalue weighted by atomic mass is 35.5. The summed E-state index contributed by atoms with van der Waals surface area (Å²) in [5.74, 6) is 0. The molecule has 3 heterocycles. The number of benzene rings is 4. The van der Waals surface area contributed by atoms with E-state index in [1.165, 1.54) is 0 Å². The van der Waals surface area contributed by atoms with Crippen LogP contribution in [0, 0.1) is 0 Å². The zero-order valence-corrected chi connectivity index (χ0v) is 17.6. The molecule has 0 bridgehead atoms. The van der Waals surface area contributed by atoms with Crippen molar-refractivity contribution in [3.8, 4) is 0 Å². The van der Waals surface area contributed by atoms with Crippen LogP contribution < -0.4 is 0 Å². The van der Waals surface area contributed by atoms with E-state index in [1.807, 2.05) is 54.6 Å².